The van der Waals surface area contributed by atoms with E-state index in [0.29, 0.717) is 5.56 Å². The maximum Gasteiger partial charge on any atom is 0.326 e. The van der Waals surface area contributed by atoms with Crippen molar-refractivity contribution in [3.05, 3.63) is 34.9 Å². The van der Waals surface area contributed by atoms with Crippen molar-refractivity contribution in [3.63, 3.8) is 0 Å². The number of carbonyl (C=O) groups is 3. The summed E-state index contributed by atoms with van der Waals surface area (Å²) in [5, 5.41) is 20.0. The van der Waals surface area contributed by atoms with Gasteiger partial charge in [0.2, 0.25) is 0 Å². The summed E-state index contributed by atoms with van der Waals surface area (Å²) in [7, 11) is 0. The molecular formula is C15H17NO5. The number of hydrogen-bond acceptors (Lipinski definition) is 3. The zero-order chi connectivity index (χ0) is 15.4. The second-order valence-corrected chi connectivity index (χ2v) is 5.13. The summed E-state index contributed by atoms with van der Waals surface area (Å²) < 4.78 is 0. The van der Waals surface area contributed by atoms with Crippen molar-refractivity contribution in [1.29, 1.82) is 0 Å². The van der Waals surface area contributed by atoms with Crippen LogP contribution >= 0.6 is 0 Å². The third-order valence-corrected chi connectivity index (χ3v) is 3.61. The van der Waals surface area contributed by atoms with Gasteiger partial charge in [-0.1, -0.05) is 6.07 Å². The van der Waals surface area contributed by atoms with Crippen LogP contribution in [-0.4, -0.2) is 34.1 Å². The molecule has 1 aliphatic rings. The molecule has 1 atom stereocenters. The molecule has 21 heavy (non-hydrogen) atoms. The Labute approximate surface area is 121 Å². The summed E-state index contributed by atoms with van der Waals surface area (Å²) in [6.45, 7) is 0. The first-order valence-corrected chi connectivity index (χ1v) is 6.84. The summed E-state index contributed by atoms with van der Waals surface area (Å²) in [5.41, 5.74) is 2.77. The van der Waals surface area contributed by atoms with Gasteiger partial charge in [0.15, 0.2) is 0 Å². The number of amides is 1. The Morgan fingerprint density at radius 2 is 1.86 bits per heavy atom. The van der Waals surface area contributed by atoms with Gasteiger partial charge in [-0.15, -0.1) is 0 Å². The quantitative estimate of drug-likeness (QED) is 0.731. The van der Waals surface area contributed by atoms with Crippen molar-refractivity contribution in [2.24, 2.45) is 0 Å². The van der Waals surface area contributed by atoms with Crippen LogP contribution in [0, 0.1) is 0 Å². The fraction of sp³-hybridized carbons (Fsp3) is 0.400. The number of rotatable bonds is 6. The Balaban J connectivity index is 2.04. The van der Waals surface area contributed by atoms with E-state index in [1.54, 1.807) is 12.1 Å². The van der Waals surface area contributed by atoms with Crippen molar-refractivity contribution >= 4 is 17.8 Å². The minimum atomic E-state index is -1.23. The van der Waals surface area contributed by atoms with Gasteiger partial charge in [-0.25, -0.2) is 4.79 Å². The van der Waals surface area contributed by atoms with Crippen molar-refractivity contribution in [3.8, 4) is 0 Å². The molecule has 6 nitrogen and oxygen atoms in total. The third-order valence-electron chi connectivity index (χ3n) is 3.61. The predicted molar refractivity (Wildman–Crippen MR) is 74.2 cm³/mol. The summed E-state index contributed by atoms with van der Waals surface area (Å²) in [6, 6.07) is 4.16. The van der Waals surface area contributed by atoms with Gasteiger partial charge >= 0.3 is 11.9 Å². The number of benzene rings is 1. The van der Waals surface area contributed by atoms with E-state index in [0.717, 1.165) is 24.8 Å². The lowest BCUT2D eigenvalue weighted by molar-refractivity contribution is -0.140. The summed E-state index contributed by atoms with van der Waals surface area (Å²) in [5.74, 6) is -2.80. The number of nitrogens with one attached hydrogen (secondary N) is 1. The minimum absolute atomic E-state index is 0.138. The Morgan fingerprint density at radius 1 is 1.14 bits per heavy atom. The molecule has 2 rings (SSSR count). The van der Waals surface area contributed by atoms with Crippen molar-refractivity contribution < 1.29 is 24.6 Å². The van der Waals surface area contributed by atoms with Crippen LogP contribution in [0.4, 0.5) is 0 Å². The molecule has 0 aromatic heterocycles. The molecule has 1 aromatic rings. The number of carboxylic acids is 2. The molecule has 1 aromatic carbocycles. The van der Waals surface area contributed by atoms with Gasteiger partial charge in [0.05, 0.1) is 0 Å². The third kappa shape index (κ3) is 3.81. The molecule has 112 valence electrons. The monoisotopic (exact) mass is 291 g/mol. The first kappa shape index (κ1) is 15.0. The van der Waals surface area contributed by atoms with Gasteiger partial charge in [0.25, 0.3) is 5.91 Å². The van der Waals surface area contributed by atoms with Crippen molar-refractivity contribution in [2.45, 2.75) is 38.1 Å². The molecule has 3 N–H and O–H groups in total. The highest BCUT2D eigenvalue weighted by molar-refractivity contribution is 5.96. The highest BCUT2D eigenvalue weighted by Gasteiger charge is 2.22. The van der Waals surface area contributed by atoms with Crippen molar-refractivity contribution in [2.75, 3.05) is 0 Å². The average Bonchev–Trinajstić information content (AvgIpc) is 2.89. The molecule has 1 aliphatic carbocycles. The van der Waals surface area contributed by atoms with Crippen LogP contribution < -0.4 is 5.32 Å². The molecule has 0 saturated heterocycles. The smallest absolute Gasteiger partial charge is 0.326 e. The van der Waals surface area contributed by atoms with Gasteiger partial charge in [0.1, 0.15) is 6.04 Å². The largest absolute Gasteiger partial charge is 0.481 e. The number of carboxylic acid groups (broad SMARTS) is 2. The number of aliphatic carboxylic acids is 2. The molecule has 0 fully saturated rings. The Hall–Kier alpha value is -2.37. The van der Waals surface area contributed by atoms with E-state index in [9.17, 15) is 14.4 Å². The standard InChI is InChI=1S/C15H17NO5/c17-13(18)7-6-12(15(20)21)16-14(19)11-5-4-9-2-1-3-10(9)8-11/h4-5,8,12H,1-3,6-7H2,(H,16,19)(H,17,18)(H,20,21). The van der Waals surface area contributed by atoms with E-state index in [1.807, 2.05) is 6.07 Å². The molecule has 1 amide bonds. The first-order valence-electron chi connectivity index (χ1n) is 6.84. The first-order chi connectivity index (χ1) is 9.97. The zero-order valence-corrected chi connectivity index (χ0v) is 11.5. The number of aryl methyl sites for hydroxylation is 2. The highest BCUT2D eigenvalue weighted by atomic mass is 16.4. The van der Waals surface area contributed by atoms with Gasteiger partial charge in [-0.2, -0.15) is 0 Å². The summed E-state index contributed by atoms with van der Waals surface area (Å²) >= 11 is 0. The molecule has 0 saturated carbocycles. The van der Waals surface area contributed by atoms with E-state index in [4.69, 9.17) is 10.2 Å². The fourth-order valence-corrected chi connectivity index (χ4v) is 2.48. The number of fused-ring (bicyclic) bond motifs is 1. The summed E-state index contributed by atoms with van der Waals surface area (Å²) in [4.78, 5) is 33.6. The van der Waals surface area contributed by atoms with E-state index < -0.39 is 23.9 Å². The molecule has 0 aliphatic heterocycles. The maximum atomic E-state index is 12.1. The molecule has 0 spiro atoms. The lowest BCUT2D eigenvalue weighted by atomic mass is 10.1. The van der Waals surface area contributed by atoms with Gasteiger partial charge in [0, 0.05) is 12.0 Å². The van der Waals surface area contributed by atoms with Crippen LogP contribution in [0.15, 0.2) is 18.2 Å². The second kappa shape index (κ2) is 6.39. The van der Waals surface area contributed by atoms with Gasteiger partial charge in [-0.05, 0) is 48.9 Å². The van der Waals surface area contributed by atoms with Gasteiger partial charge < -0.3 is 15.5 Å². The number of hydrogen-bond donors (Lipinski definition) is 3. The van der Waals surface area contributed by atoms with E-state index >= 15 is 0 Å². The number of carbonyl (C=O) groups excluding carboxylic acids is 1. The van der Waals surface area contributed by atoms with Gasteiger partial charge in [-0.3, -0.25) is 9.59 Å². The summed E-state index contributed by atoms with van der Waals surface area (Å²) in [6.07, 6.45) is 2.56. The lowest BCUT2D eigenvalue weighted by Gasteiger charge is -2.14. The molecule has 1 unspecified atom stereocenters. The second-order valence-electron chi connectivity index (χ2n) is 5.13. The zero-order valence-electron chi connectivity index (χ0n) is 11.5. The molecule has 0 radical (unpaired) electrons. The Kier molecular flexibility index (Phi) is 4.57. The Morgan fingerprint density at radius 3 is 2.52 bits per heavy atom. The molecule has 6 heteroatoms. The van der Waals surface area contributed by atoms with E-state index in [-0.39, 0.29) is 12.8 Å². The normalized spacial score (nSPS) is 14.3. The molecular weight excluding hydrogens is 274 g/mol. The average molecular weight is 291 g/mol. The SMILES string of the molecule is O=C(O)CCC(NC(=O)c1ccc2c(c1)CCC2)C(=O)O. The minimum Gasteiger partial charge on any atom is -0.481 e. The van der Waals surface area contributed by atoms with Crippen LogP contribution in [0.5, 0.6) is 0 Å². The van der Waals surface area contributed by atoms with E-state index in [1.165, 1.54) is 5.56 Å². The van der Waals surface area contributed by atoms with Crippen LogP contribution in [-0.2, 0) is 22.4 Å². The van der Waals surface area contributed by atoms with Crippen molar-refractivity contribution in [1.82, 2.24) is 5.32 Å². The molecule has 0 heterocycles. The predicted octanol–water partition coefficient (Wildman–Crippen LogP) is 1.22. The Bertz CT molecular complexity index is 581. The fourth-order valence-electron chi connectivity index (χ4n) is 2.48. The van der Waals surface area contributed by atoms with E-state index in [2.05, 4.69) is 5.32 Å². The highest BCUT2D eigenvalue weighted by Crippen LogP contribution is 2.22. The maximum absolute atomic E-state index is 12.1. The van der Waals surface area contributed by atoms with Crippen LogP contribution in [0.3, 0.4) is 0 Å². The lowest BCUT2D eigenvalue weighted by Crippen LogP contribution is -2.41. The topological polar surface area (TPSA) is 104 Å². The van der Waals surface area contributed by atoms with Crippen LogP contribution in [0.2, 0.25) is 0 Å². The van der Waals surface area contributed by atoms with Crippen LogP contribution in [0.1, 0.15) is 40.7 Å². The molecule has 0 bridgehead atoms. The van der Waals surface area contributed by atoms with Crippen LogP contribution in [0.25, 0.3) is 0 Å².